The molecule has 0 atom stereocenters. The fourth-order valence-corrected chi connectivity index (χ4v) is 2.04. The molecule has 0 aliphatic heterocycles. The van der Waals surface area contributed by atoms with Crippen molar-refractivity contribution in [3.8, 4) is 0 Å². The summed E-state index contributed by atoms with van der Waals surface area (Å²) < 4.78 is 11.2. The van der Waals surface area contributed by atoms with Crippen molar-refractivity contribution in [2.45, 2.75) is 20.4 Å². The van der Waals surface area contributed by atoms with Gasteiger partial charge in [0, 0.05) is 24.0 Å². The lowest BCUT2D eigenvalue weighted by Gasteiger charge is -2.06. The van der Waals surface area contributed by atoms with Gasteiger partial charge in [0.2, 0.25) is 0 Å². The van der Waals surface area contributed by atoms with Crippen molar-refractivity contribution < 1.29 is 9.15 Å². The summed E-state index contributed by atoms with van der Waals surface area (Å²) in [7, 11) is 0. The van der Waals surface area contributed by atoms with Crippen LogP contribution in [0.1, 0.15) is 18.2 Å². The molecule has 2 aromatic rings. The van der Waals surface area contributed by atoms with Crippen molar-refractivity contribution in [1.82, 2.24) is 5.32 Å². The van der Waals surface area contributed by atoms with Crippen molar-refractivity contribution in [2.75, 3.05) is 19.8 Å². The summed E-state index contributed by atoms with van der Waals surface area (Å²) in [6.07, 6.45) is 0. The van der Waals surface area contributed by atoms with Gasteiger partial charge in [-0.15, -0.1) is 0 Å². The quantitative estimate of drug-likeness (QED) is 0.611. The van der Waals surface area contributed by atoms with Gasteiger partial charge in [-0.2, -0.15) is 0 Å². The Morgan fingerprint density at radius 2 is 2.16 bits per heavy atom. The molecule has 19 heavy (non-hydrogen) atoms. The smallest absolute Gasteiger partial charge is 0.134 e. The van der Waals surface area contributed by atoms with Gasteiger partial charge in [0.05, 0.1) is 13.2 Å². The highest BCUT2D eigenvalue weighted by atomic mass is 16.5. The minimum atomic E-state index is 0.634. The molecule has 2 rings (SSSR count). The predicted octanol–water partition coefficient (Wildman–Crippen LogP) is 3.42. The summed E-state index contributed by atoms with van der Waals surface area (Å²) in [4.78, 5) is 0. The van der Waals surface area contributed by atoms with Gasteiger partial charge in [-0.3, -0.25) is 0 Å². The normalized spacial score (nSPS) is 11.1. The first-order valence-corrected chi connectivity index (χ1v) is 6.58. The fraction of sp³-hybridized carbons (Fsp3) is 0.375. The van der Waals surface area contributed by atoms with Crippen LogP contribution in [0.5, 0.6) is 0 Å². The second kappa shape index (κ2) is 6.55. The Morgan fingerprint density at radius 3 is 2.95 bits per heavy atom. The van der Waals surface area contributed by atoms with Crippen LogP contribution in [0, 0.1) is 6.92 Å². The summed E-state index contributed by atoms with van der Waals surface area (Å²) in [6, 6.07) is 8.13. The Balaban J connectivity index is 1.84. The Kier molecular flexibility index (Phi) is 4.77. The number of rotatable bonds is 7. The zero-order valence-electron chi connectivity index (χ0n) is 11.7. The van der Waals surface area contributed by atoms with Gasteiger partial charge in [0.25, 0.3) is 0 Å². The van der Waals surface area contributed by atoms with E-state index in [4.69, 9.17) is 9.15 Å². The molecule has 0 radical (unpaired) electrons. The molecule has 0 saturated carbocycles. The third-order valence-corrected chi connectivity index (χ3v) is 2.97. The molecule has 3 nitrogen and oxygen atoms in total. The third-order valence-electron chi connectivity index (χ3n) is 2.97. The summed E-state index contributed by atoms with van der Waals surface area (Å²) in [5.41, 5.74) is 3.24. The maximum atomic E-state index is 5.73. The van der Waals surface area contributed by atoms with Crippen molar-refractivity contribution in [2.24, 2.45) is 0 Å². The largest absolute Gasteiger partial charge is 0.461 e. The van der Waals surface area contributed by atoms with Crippen LogP contribution in [-0.4, -0.2) is 19.8 Å². The molecule has 0 spiro atoms. The molecule has 102 valence electrons. The number of nitrogens with one attached hydrogen (secondary N) is 1. The minimum Gasteiger partial charge on any atom is -0.461 e. The zero-order valence-corrected chi connectivity index (χ0v) is 11.7. The fourth-order valence-electron chi connectivity index (χ4n) is 2.04. The van der Waals surface area contributed by atoms with E-state index in [0.717, 1.165) is 30.0 Å². The summed E-state index contributed by atoms with van der Waals surface area (Å²) >= 11 is 0. The van der Waals surface area contributed by atoms with Crippen LogP contribution < -0.4 is 5.32 Å². The topological polar surface area (TPSA) is 34.4 Å². The Bertz CT molecular complexity index is 557. The van der Waals surface area contributed by atoms with E-state index >= 15 is 0 Å². The molecular weight excluding hydrogens is 238 g/mol. The van der Waals surface area contributed by atoms with Crippen LogP contribution in [0.25, 0.3) is 11.0 Å². The molecule has 0 bridgehead atoms. The van der Waals surface area contributed by atoms with Crippen molar-refractivity contribution in [3.63, 3.8) is 0 Å². The number of furan rings is 1. The predicted molar refractivity (Wildman–Crippen MR) is 78.3 cm³/mol. The van der Waals surface area contributed by atoms with E-state index in [1.165, 1.54) is 10.9 Å². The lowest BCUT2D eigenvalue weighted by Crippen LogP contribution is -2.19. The third kappa shape index (κ3) is 3.69. The molecule has 0 unspecified atom stereocenters. The molecule has 1 aromatic heterocycles. The van der Waals surface area contributed by atoms with Crippen LogP contribution in [0.15, 0.2) is 40.8 Å². The van der Waals surface area contributed by atoms with Crippen LogP contribution in [0.4, 0.5) is 0 Å². The molecule has 0 fully saturated rings. The van der Waals surface area contributed by atoms with Gasteiger partial charge in [0.1, 0.15) is 11.3 Å². The summed E-state index contributed by atoms with van der Waals surface area (Å²) in [6.45, 7) is 10.7. The number of aryl methyl sites for hydroxylation is 1. The highest BCUT2D eigenvalue weighted by molar-refractivity contribution is 5.82. The number of hydrogen-bond donors (Lipinski definition) is 1. The molecule has 3 heteroatoms. The van der Waals surface area contributed by atoms with Gasteiger partial charge < -0.3 is 14.5 Å². The maximum Gasteiger partial charge on any atom is 0.134 e. The molecular formula is C16H21NO2. The van der Waals surface area contributed by atoms with Crippen molar-refractivity contribution in [3.05, 3.63) is 47.7 Å². The van der Waals surface area contributed by atoms with E-state index in [2.05, 4.69) is 18.0 Å². The molecule has 0 saturated heterocycles. The van der Waals surface area contributed by atoms with E-state index in [-0.39, 0.29) is 0 Å². The SMILES string of the molecule is C=C(C)COCCNCc1c(C)oc2ccccc12. The van der Waals surface area contributed by atoms with Crippen LogP contribution in [0.3, 0.4) is 0 Å². The molecule has 0 aliphatic rings. The van der Waals surface area contributed by atoms with Crippen LogP contribution >= 0.6 is 0 Å². The number of hydrogen-bond acceptors (Lipinski definition) is 3. The Morgan fingerprint density at radius 1 is 1.37 bits per heavy atom. The Labute approximate surface area is 114 Å². The van der Waals surface area contributed by atoms with Gasteiger partial charge in [-0.1, -0.05) is 30.4 Å². The van der Waals surface area contributed by atoms with Crippen molar-refractivity contribution >= 4 is 11.0 Å². The van der Waals surface area contributed by atoms with Gasteiger partial charge in [-0.25, -0.2) is 0 Å². The second-order valence-electron chi connectivity index (χ2n) is 4.82. The Hall–Kier alpha value is -1.58. The van der Waals surface area contributed by atoms with E-state index in [9.17, 15) is 0 Å². The van der Waals surface area contributed by atoms with Crippen LogP contribution in [0.2, 0.25) is 0 Å². The monoisotopic (exact) mass is 259 g/mol. The highest BCUT2D eigenvalue weighted by Gasteiger charge is 2.09. The zero-order chi connectivity index (χ0) is 13.7. The van der Waals surface area contributed by atoms with E-state index in [0.29, 0.717) is 13.2 Å². The van der Waals surface area contributed by atoms with Crippen molar-refractivity contribution in [1.29, 1.82) is 0 Å². The van der Waals surface area contributed by atoms with Gasteiger partial charge in [0.15, 0.2) is 0 Å². The first-order chi connectivity index (χ1) is 9.18. The van der Waals surface area contributed by atoms with E-state index in [1.807, 2.05) is 32.0 Å². The van der Waals surface area contributed by atoms with E-state index in [1.54, 1.807) is 0 Å². The first kappa shape index (κ1) is 13.8. The number of ether oxygens (including phenoxy) is 1. The van der Waals surface area contributed by atoms with E-state index < -0.39 is 0 Å². The lowest BCUT2D eigenvalue weighted by atomic mass is 10.1. The van der Waals surface area contributed by atoms with Crippen LogP contribution in [-0.2, 0) is 11.3 Å². The standard InChI is InChI=1S/C16H21NO2/c1-12(2)11-18-9-8-17-10-15-13(3)19-16-7-5-4-6-14(15)16/h4-7,17H,1,8-11H2,2-3H3. The molecule has 1 N–H and O–H groups in total. The number of fused-ring (bicyclic) bond motifs is 1. The molecule has 1 heterocycles. The second-order valence-corrected chi connectivity index (χ2v) is 4.82. The summed E-state index contributed by atoms with van der Waals surface area (Å²) in [5, 5.41) is 4.57. The average molecular weight is 259 g/mol. The van der Waals surface area contributed by atoms with Gasteiger partial charge in [-0.05, 0) is 19.9 Å². The number of benzene rings is 1. The highest BCUT2D eigenvalue weighted by Crippen LogP contribution is 2.24. The maximum absolute atomic E-state index is 5.73. The molecule has 0 aliphatic carbocycles. The summed E-state index contributed by atoms with van der Waals surface area (Å²) in [5.74, 6) is 0.983. The molecule has 1 aromatic carbocycles. The first-order valence-electron chi connectivity index (χ1n) is 6.58. The minimum absolute atomic E-state index is 0.634. The average Bonchev–Trinajstić information content (AvgIpc) is 2.69. The van der Waals surface area contributed by atoms with Gasteiger partial charge >= 0.3 is 0 Å². The number of para-hydroxylation sites is 1. The lowest BCUT2D eigenvalue weighted by molar-refractivity contribution is 0.157. The molecule has 0 amide bonds.